The highest BCUT2D eigenvalue weighted by Gasteiger charge is 2.73. The van der Waals surface area contributed by atoms with Crippen LogP contribution in [0.4, 0.5) is 0 Å². The first-order valence-electron chi connectivity index (χ1n) is 22.4. The number of carbonyl (C=O) groups excluding carboxylic acids is 1. The van der Waals surface area contributed by atoms with Gasteiger partial charge in [-0.2, -0.15) is 0 Å². The fraction of sp³-hybridized carbons (Fsp3) is 0.956. The molecule has 0 aromatic rings. The largest absolute Gasteiger partial charge is 0.481 e. The lowest BCUT2D eigenvalue weighted by Crippen LogP contribution is -2.69. The number of aliphatic carboxylic acids is 1. The predicted octanol–water partition coefficient (Wildman–Crippen LogP) is 6.93. The summed E-state index contributed by atoms with van der Waals surface area (Å²) in [6.45, 7) is 21.8. The monoisotopic (exact) mass is 786 g/mol. The Hall–Kier alpha value is -1.23. The molecule has 1 aliphatic heterocycles. The summed E-state index contributed by atoms with van der Waals surface area (Å²) in [7, 11) is -2.92. The van der Waals surface area contributed by atoms with Crippen LogP contribution in [0.15, 0.2) is 0 Å². The third-order valence-electron chi connectivity index (χ3n) is 20.0. The molecular formula is C45H75N3O6S. The van der Waals surface area contributed by atoms with Crippen molar-refractivity contribution in [3.05, 3.63) is 0 Å². The van der Waals surface area contributed by atoms with Gasteiger partial charge in [0, 0.05) is 36.6 Å². The molecule has 1 unspecified atom stereocenters. The summed E-state index contributed by atoms with van der Waals surface area (Å²) in [5.41, 5.74) is 6.96. The van der Waals surface area contributed by atoms with E-state index in [2.05, 4.69) is 51.8 Å². The van der Waals surface area contributed by atoms with Crippen molar-refractivity contribution in [2.45, 2.75) is 157 Å². The second-order valence-electron chi connectivity index (χ2n) is 22.8. The van der Waals surface area contributed by atoms with Crippen molar-refractivity contribution >= 4 is 21.8 Å². The highest BCUT2D eigenvalue weighted by atomic mass is 32.2. The minimum absolute atomic E-state index is 0.172. The Labute approximate surface area is 332 Å². The molecule has 7 saturated carbocycles. The molecule has 7 aliphatic carbocycles. The number of hydrogen-bond acceptors (Lipinski definition) is 8. The average Bonchev–Trinajstić information content (AvgIpc) is 3.94. The maximum absolute atomic E-state index is 13.5. The fourth-order valence-corrected chi connectivity index (χ4v) is 17.4. The molecule has 0 radical (unpaired) electrons. The molecule has 0 bridgehead atoms. The molecule has 0 aromatic carbocycles. The van der Waals surface area contributed by atoms with Crippen LogP contribution in [-0.4, -0.2) is 85.7 Å². The highest BCUT2D eigenvalue weighted by Crippen LogP contribution is 2.78. The first-order valence-corrected chi connectivity index (χ1v) is 24.3. The molecule has 8 aliphatic rings. The number of hydrogen-bond donors (Lipinski definition) is 3. The third-order valence-corrected chi connectivity index (χ3v) is 21.6. The standard InChI is InChI=1S/C45H75N3O6S/c1-39(2)31-12-16-44(8)32(42(31,6)15-13-33(39)54-38(51)36-35(37(49)50)40(36,3)4)10-9-30-34-29(41(5)18-19-41)11-17-45(34,21-20-43(30,44)7)47-22-14-28(27-46)48-23-25-55(52,53)26-24-48/h28-36,47H,9-27,46H2,1-8H3,(H,49,50)/t28?,29-,30-,31+,32-,33+,34-,35+,36-,42+,43-,44-,45+/m1/s1. The molecule has 1 saturated heterocycles. The van der Waals surface area contributed by atoms with Crippen LogP contribution in [0.3, 0.4) is 0 Å². The summed E-state index contributed by atoms with van der Waals surface area (Å²) >= 11 is 0. The van der Waals surface area contributed by atoms with Crippen LogP contribution in [0.1, 0.15) is 139 Å². The van der Waals surface area contributed by atoms with Gasteiger partial charge in [-0.3, -0.25) is 14.5 Å². The Balaban J connectivity index is 1.00. The summed E-state index contributed by atoms with van der Waals surface area (Å²) in [5.74, 6) is 1.35. The summed E-state index contributed by atoms with van der Waals surface area (Å²) in [4.78, 5) is 27.8. The van der Waals surface area contributed by atoms with Crippen molar-refractivity contribution in [1.29, 1.82) is 0 Å². The number of carboxylic acid groups (broad SMARTS) is 1. The number of nitrogens with one attached hydrogen (secondary N) is 1. The first-order chi connectivity index (χ1) is 25.6. The lowest BCUT2D eigenvalue weighted by atomic mass is 9.32. The second-order valence-corrected chi connectivity index (χ2v) is 25.1. The molecule has 4 N–H and O–H groups in total. The van der Waals surface area contributed by atoms with Crippen molar-refractivity contribution < 1.29 is 27.9 Å². The third kappa shape index (κ3) is 6.06. The molecule has 10 heteroatoms. The van der Waals surface area contributed by atoms with Gasteiger partial charge in [-0.15, -0.1) is 0 Å². The number of carboxylic acids is 1. The maximum atomic E-state index is 13.5. The van der Waals surface area contributed by atoms with E-state index >= 15 is 0 Å². The maximum Gasteiger partial charge on any atom is 0.310 e. The Kier molecular flexibility index (Phi) is 9.68. The number of rotatable bonds is 10. The van der Waals surface area contributed by atoms with Crippen LogP contribution in [0.25, 0.3) is 0 Å². The van der Waals surface area contributed by atoms with Gasteiger partial charge in [0.25, 0.3) is 0 Å². The van der Waals surface area contributed by atoms with E-state index in [1.165, 1.54) is 57.8 Å². The minimum atomic E-state index is -2.92. The average molecular weight is 786 g/mol. The van der Waals surface area contributed by atoms with Crippen LogP contribution in [0.5, 0.6) is 0 Å². The van der Waals surface area contributed by atoms with Gasteiger partial charge in [-0.1, -0.05) is 55.4 Å². The van der Waals surface area contributed by atoms with E-state index in [9.17, 15) is 23.1 Å². The molecule has 0 amide bonds. The molecule has 8 fully saturated rings. The number of esters is 1. The molecule has 1 heterocycles. The van der Waals surface area contributed by atoms with Crippen LogP contribution >= 0.6 is 0 Å². The van der Waals surface area contributed by atoms with E-state index in [0.29, 0.717) is 48.7 Å². The number of nitrogens with two attached hydrogens (primary N) is 1. The zero-order chi connectivity index (χ0) is 39.8. The van der Waals surface area contributed by atoms with Crippen molar-refractivity contribution in [3.8, 4) is 0 Å². The predicted molar refractivity (Wildman–Crippen MR) is 216 cm³/mol. The first kappa shape index (κ1) is 40.5. The van der Waals surface area contributed by atoms with Crippen LogP contribution < -0.4 is 11.1 Å². The van der Waals surface area contributed by atoms with E-state index in [4.69, 9.17) is 10.5 Å². The molecule has 312 valence electrons. The number of sulfone groups is 1. The smallest absolute Gasteiger partial charge is 0.310 e. The molecule has 13 atom stereocenters. The molecule has 9 nitrogen and oxygen atoms in total. The van der Waals surface area contributed by atoms with Crippen molar-refractivity contribution in [1.82, 2.24) is 10.2 Å². The molecule has 55 heavy (non-hydrogen) atoms. The lowest BCUT2D eigenvalue weighted by molar-refractivity contribution is -0.248. The Morgan fingerprint density at radius 3 is 2.09 bits per heavy atom. The quantitative estimate of drug-likeness (QED) is 0.202. The Morgan fingerprint density at radius 1 is 0.782 bits per heavy atom. The molecule has 0 spiro atoms. The van der Waals surface area contributed by atoms with Gasteiger partial charge >= 0.3 is 11.9 Å². The molecular weight excluding hydrogens is 711 g/mol. The van der Waals surface area contributed by atoms with Gasteiger partial charge in [0.05, 0.1) is 23.3 Å². The van der Waals surface area contributed by atoms with E-state index in [1.54, 1.807) is 0 Å². The number of fused-ring (bicyclic) bond motifs is 7. The summed E-state index contributed by atoms with van der Waals surface area (Å²) in [6, 6.07) is 0.222. The van der Waals surface area contributed by atoms with Crippen LogP contribution in [0, 0.1) is 73.9 Å². The van der Waals surface area contributed by atoms with Gasteiger partial charge in [0.1, 0.15) is 6.10 Å². The normalized spacial score (nSPS) is 47.9. The summed E-state index contributed by atoms with van der Waals surface area (Å²) < 4.78 is 30.7. The summed E-state index contributed by atoms with van der Waals surface area (Å²) in [5, 5.41) is 14.1. The lowest BCUT2D eigenvalue weighted by Gasteiger charge is -2.73. The highest BCUT2D eigenvalue weighted by molar-refractivity contribution is 7.91. The zero-order valence-electron chi connectivity index (χ0n) is 35.6. The molecule has 0 aromatic heterocycles. The Morgan fingerprint density at radius 2 is 1.47 bits per heavy atom. The van der Waals surface area contributed by atoms with E-state index in [1.807, 2.05) is 13.8 Å². The summed E-state index contributed by atoms with van der Waals surface area (Å²) in [6.07, 6.45) is 15.6. The minimum Gasteiger partial charge on any atom is -0.481 e. The van der Waals surface area contributed by atoms with Crippen molar-refractivity contribution in [3.63, 3.8) is 0 Å². The van der Waals surface area contributed by atoms with E-state index < -0.39 is 33.1 Å². The topological polar surface area (TPSA) is 139 Å². The SMILES string of the molecule is CC1([C@@H]2CC[C@]3(NCCC(CN)N4CCS(=O)(=O)CC4)CC[C@]4(C)[C@H](CC[C@@H]5[C@@]6(C)CC[C@H](OC(=O)[C@H]7[C@@H](C(=O)O)C7(C)C)C(C)(C)[C@@H]6CC[C@]54C)[C@@H]23)CC1. The van der Waals surface area contributed by atoms with Gasteiger partial charge in [-0.05, 0) is 147 Å². The zero-order valence-corrected chi connectivity index (χ0v) is 36.4. The number of nitrogens with zero attached hydrogens (tertiary/aromatic N) is 1. The number of carbonyl (C=O) groups is 2. The van der Waals surface area contributed by atoms with E-state index in [-0.39, 0.29) is 56.8 Å². The van der Waals surface area contributed by atoms with Gasteiger partial charge < -0.3 is 20.9 Å². The molecule has 8 rings (SSSR count). The number of ether oxygens (including phenoxy) is 1. The van der Waals surface area contributed by atoms with E-state index in [0.717, 1.165) is 38.1 Å². The van der Waals surface area contributed by atoms with Gasteiger partial charge in [-0.25, -0.2) is 8.42 Å². The second kappa shape index (κ2) is 13.1. The van der Waals surface area contributed by atoms with Crippen molar-refractivity contribution in [2.75, 3.05) is 37.7 Å². The van der Waals surface area contributed by atoms with Gasteiger partial charge in [0.15, 0.2) is 9.84 Å². The van der Waals surface area contributed by atoms with Crippen LogP contribution in [-0.2, 0) is 24.2 Å². The fourth-order valence-electron chi connectivity index (χ4n) is 16.2. The Bertz CT molecular complexity index is 1650. The van der Waals surface area contributed by atoms with Gasteiger partial charge in [0.2, 0.25) is 0 Å². The van der Waals surface area contributed by atoms with Crippen LogP contribution in [0.2, 0.25) is 0 Å². The van der Waals surface area contributed by atoms with Crippen molar-refractivity contribution in [2.24, 2.45) is 79.6 Å².